The van der Waals surface area contributed by atoms with Gasteiger partial charge in [0.15, 0.2) is 0 Å². The number of rotatable bonds is 5. The number of alkyl carbamates (subject to hydrolysis) is 1. The maximum Gasteiger partial charge on any atom is 0.456 e. The molecule has 1 rings (SSSR count). The van der Waals surface area contributed by atoms with E-state index in [9.17, 15) is 26.7 Å². The fourth-order valence-electron chi connectivity index (χ4n) is 1.27. The fourth-order valence-corrected chi connectivity index (χ4v) is 1.27. The first-order valence-electron chi connectivity index (χ1n) is 5.71. The van der Waals surface area contributed by atoms with Crippen LogP contribution in [0.5, 0.6) is 0 Å². The van der Waals surface area contributed by atoms with Gasteiger partial charge < -0.3 is 15.2 Å². The first-order valence-corrected chi connectivity index (χ1v) is 5.71. The second kappa shape index (κ2) is 6.70. The van der Waals surface area contributed by atoms with Crippen LogP contribution in [-0.4, -0.2) is 35.9 Å². The molecule has 4 nitrogen and oxygen atoms in total. The van der Waals surface area contributed by atoms with Crippen LogP contribution in [0.1, 0.15) is 5.56 Å². The third-order valence-corrected chi connectivity index (χ3v) is 2.45. The highest BCUT2D eigenvalue weighted by Gasteiger charge is 2.62. The summed E-state index contributed by atoms with van der Waals surface area (Å²) < 4.78 is 65.7. The molecule has 2 N–H and O–H groups in total. The summed E-state index contributed by atoms with van der Waals surface area (Å²) in [6, 6.07) is 8.31. The van der Waals surface area contributed by atoms with Gasteiger partial charge in [0.25, 0.3) is 0 Å². The van der Waals surface area contributed by atoms with Crippen molar-refractivity contribution in [2.75, 3.05) is 6.54 Å². The lowest BCUT2D eigenvalue weighted by Gasteiger charge is -2.24. The largest absolute Gasteiger partial charge is 0.456 e. The Morgan fingerprint density at radius 2 is 1.76 bits per heavy atom. The number of alkyl halides is 5. The number of amides is 1. The van der Waals surface area contributed by atoms with Gasteiger partial charge in [-0.05, 0) is 5.56 Å². The van der Waals surface area contributed by atoms with Crippen LogP contribution in [0.3, 0.4) is 0 Å². The van der Waals surface area contributed by atoms with Gasteiger partial charge in [0.05, 0.1) is 6.54 Å². The monoisotopic (exact) mass is 313 g/mol. The Kier molecular flexibility index (Phi) is 5.47. The minimum Gasteiger partial charge on any atom is -0.445 e. The molecule has 0 aliphatic rings. The normalized spacial score (nSPS) is 13.6. The van der Waals surface area contributed by atoms with E-state index in [0.717, 1.165) is 0 Å². The van der Waals surface area contributed by atoms with Gasteiger partial charge in [0.2, 0.25) is 0 Å². The average Bonchev–Trinajstić information content (AvgIpc) is 2.42. The molecule has 118 valence electrons. The number of nitrogens with one attached hydrogen (secondary N) is 1. The highest BCUT2D eigenvalue weighted by molar-refractivity contribution is 5.67. The van der Waals surface area contributed by atoms with Crippen molar-refractivity contribution in [2.24, 2.45) is 0 Å². The highest BCUT2D eigenvalue weighted by atomic mass is 19.4. The summed E-state index contributed by atoms with van der Waals surface area (Å²) in [6.45, 7) is -1.47. The van der Waals surface area contributed by atoms with E-state index < -0.39 is 30.8 Å². The molecule has 0 aliphatic heterocycles. The van der Waals surface area contributed by atoms with Gasteiger partial charge in [-0.3, -0.25) is 0 Å². The van der Waals surface area contributed by atoms with Crippen molar-refractivity contribution in [3.8, 4) is 0 Å². The standard InChI is InChI=1S/C12H12F5NO3/c13-11(14,12(15,16)17)9(19)6-18-10(20)21-7-8-4-2-1-3-5-8/h1-5,9,19H,6-7H2,(H,18,20). The lowest BCUT2D eigenvalue weighted by Crippen LogP contribution is -2.51. The first-order chi connectivity index (χ1) is 9.64. The van der Waals surface area contributed by atoms with Crippen LogP contribution in [0.2, 0.25) is 0 Å². The van der Waals surface area contributed by atoms with Crippen LogP contribution >= 0.6 is 0 Å². The molecule has 0 saturated carbocycles. The molecule has 0 aliphatic carbocycles. The molecular formula is C12H12F5NO3. The topological polar surface area (TPSA) is 58.6 Å². The summed E-state index contributed by atoms with van der Waals surface area (Å²) in [5.74, 6) is -5.32. The Hall–Kier alpha value is -1.90. The van der Waals surface area contributed by atoms with Crippen LogP contribution in [0.4, 0.5) is 26.7 Å². The predicted octanol–water partition coefficient (Wildman–Crippen LogP) is 2.47. The molecule has 0 fully saturated rings. The number of ether oxygens (including phenoxy) is 1. The Morgan fingerprint density at radius 1 is 1.19 bits per heavy atom. The van der Waals surface area contributed by atoms with Crippen molar-refractivity contribution in [3.05, 3.63) is 35.9 Å². The van der Waals surface area contributed by atoms with Gasteiger partial charge in [-0.1, -0.05) is 30.3 Å². The molecule has 1 atom stereocenters. The lowest BCUT2D eigenvalue weighted by atomic mass is 10.2. The molecule has 0 heterocycles. The molecule has 0 spiro atoms. The first kappa shape index (κ1) is 17.2. The van der Waals surface area contributed by atoms with Crippen LogP contribution in [0.25, 0.3) is 0 Å². The van der Waals surface area contributed by atoms with E-state index in [1.807, 2.05) is 0 Å². The summed E-state index contributed by atoms with van der Waals surface area (Å²) >= 11 is 0. The van der Waals surface area contributed by atoms with Crippen molar-refractivity contribution in [1.29, 1.82) is 0 Å². The Bertz CT molecular complexity index is 464. The van der Waals surface area contributed by atoms with Gasteiger partial charge >= 0.3 is 18.2 Å². The summed E-state index contributed by atoms with van der Waals surface area (Å²) in [6.07, 6.45) is -10.2. The maximum absolute atomic E-state index is 12.7. The second-order valence-corrected chi connectivity index (χ2v) is 4.08. The highest BCUT2D eigenvalue weighted by Crippen LogP contribution is 2.37. The fraction of sp³-hybridized carbons (Fsp3) is 0.417. The molecule has 9 heteroatoms. The van der Waals surface area contributed by atoms with E-state index in [1.165, 1.54) is 0 Å². The van der Waals surface area contributed by atoms with Gasteiger partial charge in [-0.15, -0.1) is 0 Å². The quantitative estimate of drug-likeness (QED) is 0.821. The van der Waals surface area contributed by atoms with E-state index in [1.54, 1.807) is 35.6 Å². The predicted molar refractivity (Wildman–Crippen MR) is 61.6 cm³/mol. The molecular weight excluding hydrogens is 301 g/mol. The zero-order valence-corrected chi connectivity index (χ0v) is 10.5. The minimum atomic E-state index is -5.90. The van der Waals surface area contributed by atoms with Crippen molar-refractivity contribution in [2.45, 2.75) is 24.8 Å². The van der Waals surface area contributed by atoms with E-state index in [2.05, 4.69) is 4.74 Å². The average molecular weight is 313 g/mol. The molecule has 1 aromatic carbocycles. The number of carbonyl (C=O) groups excluding carboxylic acids is 1. The van der Waals surface area contributed by atoms with Crippen molar-refractivity contribution in [1.82, 2.24) is 5.32 Å². The molecule has 0 saturated heterocycles. The number of halogens is 5. The Morgan fingerprint density at radius 3 is 2.29 bits per heavy atom. The molecule has 1 unspecified atom stereocenters. The van der Waals surface area contributed by atoms with E-state index in [0.29, 0.717) is 5.56 Å². The molecule has 1 aromatic rings. The minimum absolute atomic E-state index is 0.182. The molecule has 0 bridgehead atoms. The van der Waals surface area contributed by atoms with Crippen molar-refractivity contribution in [3.63, 3.8) is 0 Å². The number of aliphatic hydroxyl groups is 1. The lowest BCUT2D eigenvalue weighted by molar-refractivity contribution is -0.311. The van der Waals surface area contributed by atoms with Gasteiger partial charge in [0.1, 0.15) is 12.7 Å². The van der Waals surface area contributed by atoms with Gasteiger partial charge in [-0.2, -0.15) is 22.0 Å². The van der Waals surface area contributed by atoms with Crippen LogP contribution < -0.4 is 5.32 Å². The van der Waals surface area contributed by atoms with Crippen molar-refractivity contribution >= 4 is 6.09 Å². The maximum atomic E-state index is 12.7. The van der Waals surface area contributed by atoms with E-state index in [4.69, 9.17) is 5.11 Å². The molecule has 0 aromatic heterocycles. The van der Waals surface area contributed by atoms with Crippen LogP contribution in [0.15, 0.2) is 30.3 Å². The van der Waals surface area contributed by atoms with Crippen molar-refractivity contribution < 1.29 is 36.6 Å². The van der Waals surface area contributed by atoms with Crippen LogP contribution in [0, 0.1) is 0 Å². The Balaban J connectivity index is 2.39. The number of carbonyl (C=O) groups is 1. The van der Waals surface area contributed by atoms with Gasteiger partial charge in [-0.25, -0.2) is 4.79 Å². The summed E-state index contributed by atoms with van der Waals surface area (Å²) in [5, 5.41) is 10.4. The van der Waals surface area contributed by atoms with E-state index in [-0.39, 0.29) is 6.61 Å². The SMILES string of the molecule is O=C(NCC(O)C(F)(F)C(F)(F)F)OCc1ccccc1. The number of benzene rings is 1. The zero-order chi connectivity index (χ0) is 16.1. The summed E-state index contributed by atoms with van der Waals surface area (Å²) in [4.78, 5) is 11.1. The smallest absolute Gasteiger partial charge is 0.445 e. The second-order valence-electron chi connectivity index (χ2n) is 4.08. The Labute approximate surface area is 116 Å². The summed E-state index contributed by atoms with van der Waals surface area (Å²) in [7, 11) is 0. The zero-order valence-electron chi connectivity index (χ0n) is 10.5. The third kappa shape index (κ3) is 4.85. The molecule has 21 heavy (non-hydrogen) atoms. The number of hydrogen-bond acceptors (Lipinski definition) is 3. The number of aliphatic hydroxyl groups excluding tert-OH is 1. The van der Waals surface area contributed by atoms with Gasteiger partial charge in [0, 0.05) is 0 Å². The number of hydrogen-bond donors (Lipinski definition) is 2. The molecule has 1 amide bonds. The molecule has 0 radical (unpaired) electrons. The van der Waals surface area contributed by atoms with Crippen LogP contribution in [-0.2, 0) is 11.3 Å². The summed E-state index contributed by atoms with van der Waals surface area (Å²) in [5.41, 5.74) is 0.605. The third-order valence-electron chi connectivity index (χ3n) is 2.45. The van der Waals surface area contributed by atoms with E-state index >= 15 is 0 Å².